The van der Waals surface area contributed by atoms with Gasteiger partial charge < -0.3 is 0 Å². The summed E-state index contributed by atoms with van der Waals surface area (Å²) in [6.07, 6.45) is 5.25. The van der Waals surface area contributed by atoms with Crippen LogP contribution in [0.15, 0.2) is 36.9 Å². The van der Waals surface area contributed by atoms with Crippen LogP contribution in [0.5, 0.6) is 0 Å². The van der Waals surface area contributed by atoms with E-state index < -0.39 is 0 Å². The fraction of sp³-hybridized carbons (Fsp3) is 0.167. The Kier molecular flexibility index (Phi) is 1.61. The Balaban J connectivity index is 2.60. The molecule has 1 aromatic rings. The molecule has 0 saturated carbocycles. The zero-order valence-corrected chi connectivity index (χ0v) is 7.30. The maximum Gasteiger partial charge on any atom is -0.00794 e. The molecule has 0 heterocycles. The zero-order valence-electron chi connectivity index (χ0n) is 7.30. The van der Waals surface area contributed by atoms with Gasteiger partial charge in [-0.25, -0.2) is 0 Å². The molecule has 0 bridgehead atoms. The molecule has 2 rings (SSSR count). The first-order valence-electron chi connectivity index (χ1n) is 4.24. The SMILES string of the molecule is C=CC1=CCc2c(C)cccc21. The van der Waals surface area contributed by atoms with E-state index in [1.807, 2.05) is 6.08 Å². The van der Waals surface area contributed by atoms with Gasteiger partial charge in [0.15, 0.2) is 0 Å². The Morgan fingerprint density at radius 1 is 1.42 bits per heavy atom. The Morgan fingerprint density at radius 3 is 3.00 bits per heavy atom. The lowest BCUT2D eigenvalue weighted by Crippen LogP contribution is -1.86. The first kappa shape index (κ1) is 7.35. The number of benzene rings is 1. The van der Waals surface area contributed by atoms with Gasteiger partial charge >= 0.3 is 0 Å². The second-order valence-electron chi connectivity index (χ2n) is 3.17. The molecule has 0 spiro atoms. The van der Waals surface area contributed by atoms with Crippen LogP contribution in [0, 0.1) is 6.92 Å². The van der Waals surface area contributed by atoms with E-state index in [1.54, 1.807) is 0 Å². The molecule has 0 heteroatoms. The fourth-order valence-corrected chi connectivity index (χ4v) is 1.76. The van der Waals surface area contributed by atoms with Crippen molar-refractivity contribution < 1.29 is 0 Å². The van der Waals surface area contributed by atoms with Gasteiger partial charge in [0.25, 0.3) is 0 Å². The molecule has 1 aliphatic rings. The lowest BCUT2D eigenvalue weighted by Gasteiger charge is -2.03. The molecule has 0 radical (unpaired) electrons. The van der Waals surface area contributed by atoms with Crippen LogP contribution in [0.4, 0.5) is 0 Å². The maximum atomic E-state index is 3.80. The molecule has 0 N–H and O–H groups in total. The van der Waals surface area contributed by atoms with Crippen molar-refractivity contribution in [3.8, 4) is 0 Å². The lowest BCUT2D eigenvalue weighted by molar-refractivity contribution is 1.24. The van der Waals surface area contributed by atoms with Crippen molar-refractivity contribution in [3.63, 3.8) is 0 Å². The minimum Gasteiger partial charge on any atom is -0.0985 e. The van der Waals surface area contributed by atoms with Gasteiger partial charge in [0.05, 0.1) is 0 Å². The third-order valence-corrected chi connectivity index (χ3v) is 2.47. The summed E-state index contributed by atoms with van der Waals surface area (Å²) >= 11 is 0. The summed E-state index contributed by atoms with van der Waals surface area (Å²) in [6, 6.07) is 6.44. The summed E-state index contributed by atoms with van der Waals surface area (Å²) in [5, 5.41) is 0. The van der Waals surface area contributed by atoms with Crippen LogP contribution in [0.2, 0.25) is 0 Å². The Bertz CT molecular complexity index is 356. The monoisotopic (exact) mass is 156 g/mol. The van der Waals surface area contributed by atoms with Gasteiger partial charge in [-0.1, -0.05) is 36.9 Å². The minimum absolute atomic E-state index is 1.07. The van der Waals surface area contributed by atoms with Crippen LogP contribution >= 0.6 is 0 Å². The van der Waals surface area contributed by atoms with Gasteiger partial charge in [-0.15, -0.1) is 0 Å². The molecule has 60 valence electrons. The first-order valence-corrected chi connectivity index (χ1v) is 4.24. The third kappa shape index (κ3) is 0.918. The Morgan fingerprint density at radius 2 is 2.25 bits per heavy atom. The van der Waals surface area contributed by atoms with Gasteiger partial charge in [-0.2, -0.15) is 0 Å². The topological polar surface area (TPSA) is 0 Å². The summed E-state index contributed by atoms with van der Waals surface area (Å²) in [4.78, 5) is 0. The Hall–Kier alpha value is -1.30. The van der Waals surface area contributed by atoms with Gasteiger partial charge in [0, 0.05) is 0 Å². The molecule has 1 aliphatic carbocycles. The predicted molar refractivity (Wildman–Crippen MR) is 53.1 cm³/mol. The van der Waals surface area contributed by atoms with Crippen molar-refractivity contribution in [2.24, 2.45) is 0 Å². The predicted octanol–water partition coefficient (Wildman–Crippen LogP) is 3.12. The molecule has 1 aromatic carbocycles. The van der Waals surface area contributed by atoms with Crippen molar-refractivity contribution >= 4 is 5.57 Å². The van der Waals surface area contributed by atoms with Crippen molar-refractivity contribution in [2.75, 3.05) is 0 Å². The smallest absolute Gasteiger partial charge is 0.00794 e. The number of hydrogen-bond acceptors (Lipinski definition) is 0. The minimum atomic E-state index is 1.07. The molecule has 0 fully saturated rings. The van der Waals surface area contributed by atoms with Crippen molar-refractivity contribution in [1.82, 2.24) is 0 Å². The highest BCUT2D eigenvalue weighted by atomic mass is 14.2. The molecule has 0 atom stereocenters. The highest BCUT2D eigenvalue weighted by molar-refractivity contribution is 5.80. The lowest BCUT2D eigenvalue weighted by atomic mass is 10.0. The second-order valence-corrected chi connectivity index (χ2v) is 3.17. The summed E-state index contributed by atoms with van der Waals surface area (Å²) < 4.78 is 0. The van der Waals surface area contributed by atoms with E-state index in [1.165, 1.54) is 22.3 Å². The summed E-state index contributed by atoms with van der Waals surface area (Å²) in [5.74, 6) is 0. The molecule has 12 heavy (non-hydrogen) atoms. The molecule has 0 saturated heterocycles. The summed E-state index contributed by atoms with van der Waals surface area (Å²) in [7, 11) is 0. The molecular weight excluding hydrogens is 144 g/mol. The van der Waals surface area contributed by atoms with Crippen LogP contribution in [0.25, 0.3) is 5.57 Å². The first-order chi connectivity index (χ1) is 5.83. The van der Waals surface area contributed by atoms with Crippen molar-refractivity contribution in [3.05, 3.63) is 53.6 Å². The number of allylic oxidation sites excluding steroid dienone is 3. The van der Waals surface area contributed by atoms with Gasteiger partial charge in [0.2, 0.25) is 0 Å². The zero-order chi connectivity index (χ0) is 8.55. The van der Waals surface area contributed by atoms with E-state index in [4.69, 9.17) is 0 Å². The number of hydrogen-bond donors (Lipinski definition) is 0. The van der Waals surface area contributed by atoms with Crippen LogP contribution in [-0.2, 0) is 6.42 Å². The Labute approximate surface area is 73.2 Å². The van der Waals surface area contributed by atoms with Crippen molar-refractivity contribution in [2.45, 2.75) is 13.3 Å². The molecule has 0 nitrogen and oxygen atoms in total. The van der Waals surface area contributed by atoms with Gasteiger partial charge in [-0.05, 0) is 35.6 Å². The number of rotatable bonds is 1. The van der Waals surface area contributed by atoms with E-state index in [9.17, 15) is 0 Å². The molecule has 0 aromatic heterocycles. The standard InChI is InChI=1S/C12H12/c1-3-10-7-8-11-9(2)5-4-6-12(10)11/h3-7H,1,8H2,2H3. The van der Waals surface area contributed by atoms with Gasteiger partial charge in [-0.3, -0.25) is 0 Å². The number of aryl methyl sites for hydroxylation is 1. The van der Waals surface area contributed by atoms with Crippen LogP contribution in [0.1, 0.15) is 16.7 Å². The summed E-state index contributed by atoms with van der Waals surface area (Å²) in [6.45, 7) is 5.97. The molecular formula is C12H12. The fourth-order valence-electron chi connectivity index (χ4n) is 1.76. The van der Waals surface area contributed by atoms with Crippen LogP contribution in [-0.4, -0.2) is 0 Å². The average Bonchev–Trinajstić information content (AvgIpc) is 2.49. The van der Waals surface area contributed by atoms with Crippen molar-refractivity contribution in [1.29, 1.82) is 0 Å². The molecule has 0 aliphatic heterocycles. The summed E-state index contributed by atoms with van der Waals surface area (Å²) in [5.41, 5.74) is 5.51. The molecule has 0 amide bonds. The van der Waals surface area contributed by atoms with E-state index in [-0.39, 0.29) is 0 Å². The largest absolute Gasteiger partial charge is 0.0985 e. The van der Waals surface area contributed by atoms with E-state index >= 15 is 0 Å². The van der Waals surface area contributed by atoms with E-state index in [0.717, 1.165) is 6.42 Å². The van der Waals surface area contributed by atoms with E-state index in [2.05, 4.69) is 37.8 Å². The number of fused-ring (bicyclic) bond motifs is 1. The van der Waals surface area contributed by atoms with Crippen LogP contribution < -0.4 is 0 Å². The maximum absolute atomic E-state index is 3.80. The average molecular weight is 156 g/mol. The second kappa shape index (κ2) is 2.63. The highest BCUT2D eigenvalue weighted by Crippen LogP contribution is 2.29. The van der Waals surface area contributed by atoms with Gasteiger partial charge in [0.1, 0.15) is 0 Å². The van der Waals surface area contributed by atoms with E-state index in [0.29, 0.717) is 0 Å². The highest BCUT2D eigenvalue weighted by Gasteiger charge is 2.12. The molecule has 0 unspecified atom stereocenters. The van der Waals surface area contributed by atoms with Crippen LogP contribution in [0.3, 0.4) is 0 Å². The normalized spacial score (nSPS) is 13.9. The third-order valence-electron chi connectivity index (χ3n) is 2.47. The quantitative estimate of drug-likeness (QED) is 0.586.